The van der Waals surface area contributed by atoms with Crippen molar-refractivity contribution < 1.29 is 4.74 Å². The maximum Gasteiger partial charge on any atom is 0.0518 e. The highest BCUT2D eigenvalue weighted by molar-refractivity contribution is 4.77. The molecule has 1 unspecified atom stereocenters. The summed E-state index contributed by atoms with van der Waals surface area (Å²) in [6, 6.07) is 0.741. The Morgan fingerprint density at radius 1 is 1.37 bits per heavy atom. The second-order valence-corrected chi connectivity index (χ2v) is 6.06. The average Bonchev–Trinajstić information content (AvgIpc) is 2.37. The van der Waals surface area contributed by atoms with Crippen molar-refractivity contribution in [1.82, 2.24) is 15.1 Å². The number of nitrogens with zero attached hydrogens (tertiary/aromatic N) is 2. The Labute approximate surface area is 119 Å². The van der Waals surface area contributed by atoms with E-state index in [0.29, 0.717) is 6.10 Å². The maximum atomic E-state index is 5.52. The minimum atomic E-state index is 0.356. The van der Waals surface area contributed by atoms with Crippen molar-refractivity contribution in [2.75, 3.05) is 53.4 Å². The third-order valence-electron chi connectivity index (χ3n) is 3.81. The summed E-state index contributed by atoms with van der Waals surface area (Å²) < 4.78 is 5.52. The van der Waals surface area contributed by atoms with Gasteiger partial charge in [-0.1, -0.05) is 0 Å². The highest BCUT2D eigenvalue weighted by atomic mass is 16.5. The van der Waals surface area contributed by atoms with Crippen molar-refractivity contribution >= 4 is 0 Å². The van der Waals surface area contributed by atoms with Crippen LogP contribution in [0.25, 0.3) is 0 Å². The summed E-state index contributed by atoms with van der Waals surface area (Å²) in [7, 11) is 4.49. The zero-order chi connectivity index (χ0) is 14.1. The lowest BCUT2D eigenvalue weighted by Crippen LogP contribution is -2.46. The molecule has 19 heavy (non-hydrogen) atoms. The van der Waals surface area contributed by atoms with Crippen molar-refractivity contribution in [3.8, 4) is 0 Å². The van der Waals surface area contributed by atoms with Gasteiger partial charge in [0, 0.05) is 32.3 Å². The van der Waals surface area contributed by atoms with E-state index in [9.17, 15) is 0 Å². The van der Waals surface area contributed by atoms with Crippen molar-refractivity contribution in [2.45, 2.75) is 45.3 Å². The Morgan fingerprint density at radius 2 is 2.16 bits per heavy atom. The van der Waals surface area contributed by atoms with Gasteiger partial charge in [-0.25, -0.2) is 0 Å². The normalized spacial score (nSPS) is 21.5. The molecule has 0 radical (unpaired) electrons. The fourth-order valence-corrected chi connectivity index (χ4v) is 2.58. The van der Waals surface area contributed by atoms with Crippen LogP contribution in [0.4, 0.5) is 0 Å². The lowest BCUT2D eigenvalue weighted by molar-refractivity contribution is 0.0768. The number of ether oxygens (including phenoxy) is 1. The largest absolute Gasteiger partial charge is 0.379 e. The van der Waals surface area contributed by atoms with E-state index >= 15 is 0 Å². The summed E-state index contributed by atoms with van der Waals surface area (Å²) in [5, 5.41) is 3.51. The summed E-state index contributed by atoms with van der Waals surface area (Å²) in [6.45, 7) is 10.8. The van der Waals surface area contributed by atoms with E-state index in [1.54, 1.807) is 0 Å². The van der Waals surface area contributed by atoms with E-state index in [4.69, 9.17) is 4.74 Å². The molecule has 0 aliphatic carbocycles. The number of piperidine rings is 1. The van der Waals surface area contributed by atoms with Crippen LogP contribution in [0, 0.1) is 0 Å². The Kier molecular flexibility index (Phi) is 8.62. The minimum absolute atomic E-state index is 0.356. The van der Waals surface area contributed by atoms with Crippen LogP contribution in [0.15, 0.2) is 0 Å². The lowest BCUT2D eigenvalue weighted by Gasteiger charge is -2.35. The Bertz CT molecular complexity index is 223. The third-order valence-corrected chi connectivity index (χ3v) is 3.81. The molecule has 1 saturated heterocycles. The number of nitrogens with one attached hydrogen (secondary N) is 1. The molecule has 0 aromatic carbocycles. The molecule has 1 rings (SSSR count). The number of hydrogen-bond donors (Lipinski definition) is 1. The summed E-state index contributed by atoms with van der Waals surface area (Å²) in [5.74, 6) is 0. The van der Waals surface area contributed by atoms with Gasteiger partial charge >= 0.3 is 0 Å². The quantitative estimate of drug-likeness (QED) is 0.642. The van der Waals surface area contributed by atoms with Crippen LogP contribution in [0.5, 0.6) is 0 Å². The number of hydrogen-bond acceptors (Lipinski definition) is 4. The van der Waals surface area contributed by atoms with E-state index < -0.39 is 0 Å². The number of rotatable bonds is 9. The Morgan fingerprint density at radius 3 is 2.84 bits per heavy atom. The van der Waals surface area contributed by atoms with Crippen molar-refractivity contribution in [3.63, 3.8) is 0 Å². The molecule has 0 amide bonds. The highest BCUT2D eigenvalue weighted by Gasteiger charge is 2.20. The van der Waals surface area contributed by atoms with Crippen LogP contribution in [0.1, 0.15) is 33.1 Å². The molecule has 4 heteroatoms. The van der Waals surface area contributed by atoms with Gasteiger partial charge in [0.2, 0.25) is 0 Å². The zero-order valence-corrected chi connectivity index (χ0v) is 13.3. The molecule has 1 N–H and O–H groups in total. The van der Waals surface area contributed by atoms with E-state index in [1.807, 2.05) is 0 Å². The highest BCUT2D eigenvalue weighted by Crippen LogP contribution is 2.12. The second kappa shape index (κ2) is 9.70. The molecule has 114 valence electrons. The topological polar surface area (TPSA) is 27.7 Å². The molecule has 1 aliphatic heterocycles. The van der Waals surface area contributed by atoms with Gasteiger partial charge in [0.1, 0.15) is 0 Å². The summed E-state index contributed by atoms with van der Waals surface area (Å²) in [5.41, 5.74) is 0. The first-order valence-corrected chi connectivity index (χ1v) is 7.80. The fraction of sp³-hybridized carbons (Fsp3) is 1.00. The predicted octanol–water partition coefficient (Wildman–Crippen LogP) is 1.42. The molecule has 0 spiro atoms. The standard InChI is InChI=1S/C15H33N3O/c1-14(2)19-12-6-8-16-9-11-18(4)15-7-5-10-17(3)13-15/h14-16H,5-13H2,1-4H3. The number of likely N-dealkylation sites (N-methyl/N-ethyl adjacent to an activating group) is 2. The van der Waals surface area contributed by atoms with Crippen molar-refractivity contribution in [2.24, 2.45) is 0 Å². The van der Waals surface area contributed by atoms with Crippen LogP contribution in [0.3, 0.4) is 0 Å². The first-order chi connectivity index (χ1) is 9.09. The molecule has 1 fully saturated rings. The molecule has 0 aromatic heterocycles. The van der Waals surface area contributed by atoms with Gasteiger partial charge < -0.3 is 19.9 Å². The van der Waals surface area contributed by atoms with Gasteiger partial charge in [-0.05, 0) is 60.3 Å². The van der Waals surface area contributed by atoms with Crippen LogP contribution in [0.2, 0.25) is 0 Å². The maximum absolute atomic E-state index is 5.52. The molecule has 1 aliphatic rings. The predicted molar refractivity (Wildman–Crippen MR) is 81.7 cm³/mol. The smallest absolute Gasteiger partial charge is 0.0518 e. The van der Waals surface area contributed by atoms with Crippen LogP contribution in [-0.4, -0.2) is 75.4 Å². The summed E-state index contributed by atoms with van der Waals surface area (Å²) in [6.07, 6.45) is 4.15. The fourth-order valence-electron chi connectivity index (χ4n) is 2.58. The molecule has 0 aromatic rings. The zero-order valence-electron chi connectivity index (χ0n) is 13.3. The molecular weight excluding hydrogens is 238 g/mol. The van der Waals surface area contributed by atoms with Crippen LogP contribution in [-0.2, 0) is 4.74 Å². The first-order valence-electron chi connectivity index (χ1n) is 7.80. The van der Waals surface area contributed by atoms with E-state index in [-0.39, 0.29) is 0 Å². The molecule has 0 saturated carbocycles. The molecule has 0 bridgehead atoms. The van der Waals surface area contributed by atoms with E-state index in [2.05, 4.69) is 43.1 Å². The summed E-state index contributed by atoms with van der Waals surface area (Å²) >= 11 is 0. The van der Waals surface area contributed by atoms with Gasteiger partial charge in [-0.3, -0.25) is 0 Å². The van der Waals surface area contributed by atoms with E-state index in [0.717, 1.165) is 38.7 Å². The van der Waals surface area contributed by atoms with Gasteiger partial charge in [-0.2, -0.15) is 0 Å². The van der Waals surface area contributed by atoms with E-state index in [1.165, 1.54) is 25.9 Å². The SMILES string of the molecule is CC(C)OCCCNCCN(C)C1CCCN(C)C1. The lowest BCUT2D eigenvalue weighted by atomic mass is 10.1. The third kappa shape index (κ3) is 7.88. The molecule has 1 atom stereocenters. The Balaban J connectivity index is 1.96. The van der Waals surface area contributed by atoms with Crippen molar-refractivity contribution in [1.29, 1.82) is 0 Å². The second-order valence-electron chi connectivity index (χ2n) is 6.06. The van der Waals surface area contributed by atoms with Crippen LogP contribution >= 0.6 is 0 Å². The Hall–Kier alpha value is -0.160. The van der Waals surface area contributed by atoms with Gasteiger partial charge in [0.25, 0.3) is 0 Å². The minimum Gasteiger partial charge on any atom is -0.379 e. The van der Waals surface area contributed by atoms with Gasteiger partial charge in [0.15, 0.2) is 0 Å². The van der Waals surface area contributed by atoms with Gasteiger partial charge in [-0.15, -0.1) is 0 Å². The van der Waals surface area contributed by atoms with Gasteiger partial charge in [0.05, 0.1) is 6.10 Å². The van der Waals surface area contributed by atoms with Crippen molar-refractivity contribution in [3.05, 3.63) is 0 Å². The molecular formula is C15H33N3O. The molecule has 4 nitrogen and oxygen atoms in total. The van der Waals surface area contributed by atoms with Crippen LogP contribution < -0.4 is 5.32 Å². The number of likely N-dealkylation sites (tertiary alicyclic amines) is 1. The summed E-state index contributed by atoms with van der Waals surface area (Å²) in [4.78, 5) is 4.95. The average molecular weight is 271 g/mol. The monoisotopic (exact) mass is 271 g/mol. The first kappa shape index (κ1) is 16.9. The molecule has 1 heterocycles.